The van der Waals surface area contributed by atoms with Crippen LogP contribution >= 0.6 is 0 Å². The predicted octanol–water partition coefficient (Wildman–Crippen LogP) is 4.60. The fourth-order valence-electron chi connectivity index (χ4n) is 7.50. The van der Waals surface area contributed by atoms with Gasteiger partial charge in [0.05, 0.1) is 32.0 Å². The van der Waals surface area contributed by atoms with E-state index in [1.807, 2.05) is 6.08 Å². The summed E-state index contributed by atoms with van der Waals surface area (Å²) in [5.74, 6) is -0.252. The molecule has 0 aliphatic carbocycles. The minimum atomic E-state index is -1.78. The van der Waals surface area contributed by atoms with Gasteiger partial charge < -0.3 is 65.1 Å². The van der Waals surface area contributed by atoms with Crippen molar-refractivity contribution in [2.24, 2.45) is 0 Å². The Kier molecular flexibility index (Phi) is 30.1. The number of aliphatic hydroxyl groups excluding tert-OH is 8. The van der Waals surface area contributed by atoms with E-state index in [4.69, 9.17) is 18.9 Å². The van der Waals surface area contributed by atoms with Crippen LogP contribution in [0.2, 0.25) is 0 Å². The second-order valence-electron chi connectivity index (χ2n) is 16.5. The van der Waals surface area contributed by atoms with Gasteiger partial charge in [0.1, 0.15) is 48.8 Å². The second-order valence-corrected chi connectivity index (χ2v) is 16.5. The Balaban J connectivity index is 1.71. The molecule has 2 heterocycles. The number of carbonyl (C=O) groups is 1. The smallest absolute Gasteiger partial charge is 0.220 e. The van der Waals surface area contributed by atoms with Gasteiger partial charge in [0.2, 0.25) is 5.91 Å². The maximum Gasteiger partial charge on any atom is 0.220 e. The molecule has 2 aliphatic rings. The molecule has 14 nitrogen and oxygen atoms in total. The quantitative estimate of drug-likeness (QED) is 0.0319. The van der Waals surface area contributed by atoms with Gasteiger partial charge in [-0.3, -0.25) is 4.79 Å². The Hall–Kier alpha value is -1.53. The first-order chi connectivity index (χ1) is 28.6. The third-order valence-corrected chi connectivity index (χ3v) is 11.4. The summed E-state index contributed by atoms with van der Waals surface area (Å²) in [5.41, 5.74) is 0. The fourth-order valence-corrected chi connectivity index (χ4v) is 7.50. The van der Waals surface area contributed by atoms with E-state index in [0.717, 1.165) is 38.5 Å². The van der Waals surface area contributed by atoms with Gasteiger partial charge in [-0.25, -0.2) is 0 Å². The molecule has 0 aromatic rings. The highest BCUT2D eigenvalue weighted by Gasteiger charge is 2.50. The summed E-state index contributed by atoms with van der Waals surface area (Å²) in [4.78, 5) is 13.0. The van der Waals surface area contributed by atoms with Crippen LogP contribution < -0.4 is 5.32 Å². The molecule has 2 saturated heterocycles. The molecule has 2 fully saturated rings. The number of hydrogen-bond donors (Lipinski definition) is 9. The minimum absolute atomic E-state index is 0.252. The second kappa shape index (κ2) is 33.1. The Morgan fingerprint density at radius 2 is 1.08 bits per heavy atom. The van der Waals surface area contributed by atoms with Crippen LogP contribution in [0, 0.1) is 0 Å². The monoisotopic (exact) mass is 846 g/mol. The molecule has 2 rings (SSSR count). The van der Waals surface area contributed by atoms with Crippen molar-refractivity contribution < 1.29 is 64.6 Å². The number of rotatable bonds is 34. The molecule has 12 atom stereocenters. The van der Waals surface area contributed by atoms with E-state index < -0.39 is 86.8 Å². The van der Waals surface area contributed by atoms with Gasteiger partial charge in [-0.15, -0.1) is 0 Å². The molecule has 0 aromatic carbocycles. The molecule has 9 N–H and O–H groups in total. The maximum absolute atomic E-state index is 13.0. The Bertz CT molecular complexity index is 1090. The van der Waals surface area contributed by atoms with Crippen molar-refractivity contribution >= 4 is 5.91 Å². The number of hydrogen-bond acceptors (Lipinski definition) is 13. The zero-order valence-corrected chi connectivity index (χ0v) is 36.2. The lowest BCUT2D eigenvalue weighted by atomic mass is 9.97. The Labute approximate surface area is 354 Å². The molecule has 0 saturated carbocycles. The van der Waals surface area contributed by atoms with Crippen molar-refractivity contribution in [2.45, 2.75) is 235 Å². The van der Waals surface area contributed by atoms with Crippen molar-refractivity contribution in [1.82, 2.24) is 5.32 Å². The van der Waals surface area contributed by atoms with E-state index in [1.165, 1.54) is 96.3 Å². The van der Waals surface area contributed by atoms with E-state index in [9.17, 15) is 45.6 Å². The first-order valence-corrected chi connectivity index (χ1v) is 23.1. The highest BCUT2D eigenvalue weighted by Crippen LogP contribution is 2.30. The molecule has 346 valence electrons. The number of carbonyl (C=O) groups excluding carboxylic acids is 1. The van der Waals surface area contributed by atoms with Gasteiger partial charge in [-0.2, -0.15) is 0 Å². The van der Waals surface area contributed by atoms with Crippen LogP contribution in [0.1, 0.15) is 162 Å². The summed E-state index contributed by atoms with van der Waals surface area (Å²) >= 11 is 0. The van der Waals surface area contributed by atoms with E-state index in [1.54, 1.807) is 6.08 Å². The summed E-state index contributed by atoms with van der Waals surface area (Å²) in [6.07, 6.45) is 17.4. The summed E-state index contributed by atoms with van der Waals surface area (Å²) in [6, 6.07) is -0.908. The van der Waals surface area contributed by atoms with Gasteiger partial charge >= 0.3 is 0 Å². The maximum atomic E-state index is 13.0. The van der Waals surface area contributed by atoms with E-state index in [0.29, 0.717) is 6.42 Å². The topological polar surface area (TPSA) is 228 Å². The SMILES string of the molecule is CCCC/C=C/C(O)C(COC1OC(CO)C(OC2OC(CO)C(O)C(O)C2O)C(O)C1O)NC(=O)CCCCCCCCCCC/C=C\CCCCCCCCCC. The third-order valence-electron chi connectivity index (χ3n) is 11.4. The summed E-state index contributed by atoms with van der Waals surface area (Å²) < 4.78 is 22.5. The average molecular weight is 846 g/mol. The fraction of sp³-hybridized carbons (Fsp3) is 0.889. The van der Waals surface area contributed by atoms with Gasteiger partial charge in [-0.1, -0.05) is 141 Å². The summed E-state index contributed by atoms with van der Waals surface area (Å²) in [5, 5.41) is 85.8. The summed E-state index contributed by atoms with van der Waals surface area (Å²) in [7, 11) is 0. The van der Waals surface area contributed by atoms with Crippen LogP contribution in [-0.4, -0.2) is 140 Å². The van der Waals surface area contributed by atoms with Gasteiger partial charge in [0.15, 0.2) is 12.6 Å². The lowest BCUT2D eigenvalue weighted by molar-refractivity contribution is -0.359. The predicted molar refractivity (Wildman–Crippen MR) is 226 cm³/mol. The normalized spacial score (nSPS) is 28.7. The van der Waals surface area contributed by atoms with Crippen molar-refractivity contribution in [1.29, 1.82) is 0 Å². The molecule has 1 amide bonds. The molecule has 14 heteroatoms. The molecule has 59 heavy (non-hydrogen) atoms. The lowest BCUT2D eigenvalue weighted by Gasteiger charge is -2.46. The highest BCUT2D eigenvalue weighted by molar-refractivity contribution is 5.76. The standard InChI is InChI=1S/C45H83NO13/c1-3-5-7-9-10-11-12-13-14-15-16-17-18-19-20-21-22-23-24-25-27-29-37(50)46-33(34(49)28-26-8-6-4-2)32-56-44-42(55)40(53)43(36(31-48)58-44)59-45-41(54)39(52)38(51)35(30-47)57-45/h15-16,26,28,33-36,38-45,47-49,51-55H,3-14,17-25,27,29-32H2,1-2H3,(H,46,50)/b16-15-,28-26+. The molecule has 12 unspecified atom stereocenters. The first kappa shape index (κ1) is 53.6. The van der Waals surface area contributed by atoms with Gasteiger partial charge in [0, 0.05) is 6.42 Å². The van der Waals surface area contributed by atoms with Crippen LogP contribution in [0.25, 0.3) is 0 Å². The van der Waals surface area contributed by atoms with Crippen molar-refractivity contribution in [2.75, 3.05) is 19.8 Å². The number of amides is 1. The number of unbranched alkanes of at least 4 members (excludes halogenated alkanes) is 19. The average Bonchev–Trinajstić information content (AvgIpc) is 3.23. The Morgan fingerprint density at radius 1 is 0.593 bits per heavy atom. The highest BCUT2D eigenvalue weighted by atomic mass is 16.7. The molecular weight excluding hydrogens is 762 g/mol. The largest absolute Gasteiger partial charge is 0.394 e. The van der Waals surface area contributed by atoms with Crippen LogP contribution in [0.3, 0.4) is 0 Å². The van der Waals surface area contributed by atoms with Gasteiger partial charge in [0.25, 0.3) is 0 Å². The number of ether oxygens (including phenoxy) is 4. The van der Waals surface area contributed by atoms with E-state index >= 15 is 0 Å². The number of nitrogens with one attached hydrogen (secondary N) is 1. The Morgan fingerprint density at radius 3 is 1.64 bits per heavy atom. The molecule has 0 bridgehead atoms. The molecule has 0 radical (unpaired) electrons. The van der Waals surface area contributed by atoms with Gasteiger partial charge in [-0.05, 0) is 38.5 Å². The molecule has 0 spiro atoms. The lowest BCUT2D eigenvalue weighted by Crippen LogP contribution is -2.65. The minimum Gasteiger partial charge on any atom is -0.394 e. The zero-order valence-electron chi connectivity index (χ0n) is 36.2. The van der Waals surface area contributed by atoms with E-state index in [-0.39, 0.29) is 18.9 Å². The third kappa shape index (κ3) is 21.4. The van der Waals surface area contributed by atoms with Crippen LogP contribution in [0.15, 0.2) is 24.3 Å². The number of aliphatic hydroxyl groups is 8. The van der Waals surface area contributed by atoms with Crippen molar-refractivity contribution in [3.8, 4) is 0 Å². The summed E-state index contributed by atoms with van der Waals surface area (Å²) in [6.45, 7) is 2.60. The van der Waals surface area contributed by atoms with Crippen molar-refractivity contribution in [3.05, 3.63) is 24.3 Å². The van der Waals surface area contributed by atoms with Crippen LogP contribution in [0.4, 0.5) is 0 Å². The number of allylic oxidation sites excluding steroid dienone is 3. The van der Waals surface area contributed by atoms with Crippen molar-refractivity contribution in [3.63, 3.8) is 0 Å². The molecule has 0 aromatic heterocycles. The molecular formula is C45H83NO13. The van der Waals surface area contributed by atoms with E-state index in [2.05, 4.69) is 31.3 Å². The zero-order chi connectivity index (χ0) is 43.3. The van der Waals surface area contributed by atoms with Crippen LogP contribution in [0.5, 0.6) is 0 Å². The first-order valence-electron chi connectivity index (χ1n) is 23.1. The van der Waals surface area contributed by atoms with Crippen LogP contribution in [-0.2, 0) is 23.7 Å². The molecule has 2 aliphatic heterocycles.